The Balaban J connectivity index is 1.63. The molecule has 1 heterocycles. The summed E-state index contributed by atoms with van der Waals surface area (Å²) in [7, 11) is 0. The molecule has 0 atom stereocenters. The van der Waals surface area contributed by atoms with E-state index >= 15 is 0 Å². The molecule has 0 aliphatic carbocycles. The summed E-state index contributed by atoms with van der Waals surface area (Å²) in [4.78, 5) is 35.0. The lowest BCUT2D eigenvalue weighted by Gasteiger charge is -2.13. The van der Waals surface area contributed by atoms with Gasteiger partial charge in [0.2, 0.25) is 0 Å². The summed E-state index contributed by atoms with van der Waals surface area (Å²) < 4.78 is 58.9. The highest BCUT2D eigenvalue weighted by atomic mass is 16.6. The Morgan fingerprint density at radius 2 is 0.750 bits per heavy atom. The highest BCUT2D eigenvalue weighted by molar-refractivity contribution is 6.12. The summed E-state index contributed by atoms with van der Waals surface area (Å²) in [5, 5.41) is 0. The third-order valence-electron chi connectivity index (χ3n) is 5.46. The molecule has 0 N–H and O–H groups in total. The molecule has 0 bridgehead atoms. The SMILES string of the molecule is CCOC(=O)CCOCCOCCOCCOCCOCCOCCOCCOCCOCCOCCN1C(=O)C=CC1=O. The Morgan fingerprint density at radius 1 is 0.477 bits per heavy atom. The van der Waals surface area contributed by atoms with Crippen LogP contribution in [-0.2, 0) is 66.5 Å². The number of imide groups is 1. The second-order valence-electron chi connectivity index (χ2n) is 8.84. The molecular formula is C29H51NO14. The second kappa shape index (κ2) is 31.0. The average molecular weight is 638 g/mol. The van der Waals surface area contributed by atoms with Crippen molar-refractivity contribution in [1.29, 1.82) is 0 Å². The Kier molecular flexibility index (Phi) is 28.1. The van der Waals surface area contributed by atoms with E-state index in [1.54, 1.807) is 6.92 Å². The Morgan fingerprint density at radius 3 is 1.05 bits per heavy atom. The zero-order valence-electron chi connectivity index (χ0n) is 26.1. The molecule has 2 amide bonds. The smallest absolute Gasteiger partial charge is 0.308 e. The second-order valence-corrected chi connectivity index (χ2v) is 8.84. The van der Waals surface area contributed by atoms with Crippen LogP contribution in [0, 0.1) is 0 Å². The van der Waals surface area contributed by atoms with Crippen LogP contribution in [0.4, 0.5) is 0 Å². The van der Waals surface area contributed by atoms with Gasteiger partial charge < -0.3 is 52.1 Å². The van der Waals surface area contributed by atoms with Gasteiger partial charge in [0.15, 0.2) is 0 Å². The van der Waals surface area contributed by atoms with Crippen LogP contribution in [0.25, 0.3) is 0 Å². The van der Waals surface area contributed by atoms with Crippen LogP contribution in [0.3, 0.4) is 0 Å². The number of rotatable bonds is 34. The van der Waals surface area contributed by atoms with E-state index in [2.05, 4.69) is 0 Å². The van der Waals surface area contributed by atoms with Crippen molar-refractivity contribution in [2.45, 2.75) is 13.3 Å². The van der Waals surface area contributed by atoms with Gasteiger partial charge in [0.05, 0.1) is 152 Å². The zero-order valence-corrected chi connectivity index (χ0v) is 26.1. The third kappa shape index (κ3) is 25.3. The lowest BCUT2D eigenvalue weighted by Crippen LogP contribution is -2.33. The fraction of sp³-hybridized carbons (Fsp3) is 0.828. The molecule has 0 aromatic carbocycles. The van der Waals surface area contributed by atoms with Crippen LogP contribution in [0.5, 0.6) is 0 Å². The fourth-order valence-electron chi connectivity index (χ4n) is 3.28. The van der Waals surface area contributed by atoms with Crippen molar-refractivity contribution in [1.82, 2.24) is 4.90 Å². The van der Waals surface area contributed by atoms with Crippen LogP contribution in [0.1, 0.15) is 13.3 Å². The summed E-state index contributed by atoms with van der Waals surface area (Å²) in [5.74, 6) is -0.875. The monoisotopic (exact) mass is 637 g/mol. The molecule has 256 valence electrons. The molecule has 15 nitrogen and oxygen atoms in total. The first kappa shape index (κ1) is 40.0. The van der Waals surface area contributed by atoms with E-state index in [4.69, 9.17) is 52.1 Å². The van der Waals surface area contributed by atoms with Gasteiger partial charge >= 0.3 is 5.97 Å². The van der Waals surface area contributed by atoms with Gasteiger partial charge in [-0.05, 0) is 6.92 Å². The van der Waals surface area contributed by atoms with Crippen molar-refractivity contribution in [3.63, 3.8) is 0 Å². The van der Waals surface area contributed by atoms with E-state index in [9.17, 15) is 14.4 Å². The predicted molar refractivity (Wildman–Crippen MR) is 155 cm³/mol. The van der Waals surface area contributed by atoms with Gasteiger partial charge in [-0.15, -0.1) is 0 Å². The van der Waals surface area contributed by atoms with Gasteiger partial charge in [-0.2, -0.15) is 0 Å². The molecule has 0 saturated carbocycles. The van der Waals surface area contributed by atoms with E-state index in [0.717, 1.165) is 4.90 Å². The van der Waals surface area contributed by atoms with E-state index in [1.807, 2.05) is 0 Å². The van der Waals surface area contributed by atoms with Crippen molar-refractivity contribution in [2.24, 2.45) is 0 Å². The Labute approximate surface area is 260 Å². The van der Waals surface area contributed by atoms with E-state index in [0.29, 0.717) is 132 Å². The number of carbonyl (C=O) groups excluding carboxylic acids is 3. The lowest BCUT2D eigenvalue weighted by atomic mass is 10.5. The van der Waals surface area contributed by atoms with Crippen molar-refractivity contribution in [3.8, 4) is 0 Å². The summed E-state index contributed by atoms with van der Waals surface area (Å²) >= 11 is 0. The first-order chi connectivity index (χ1) is 21.6. The average Bonchev–Trinajstić information content (AvgIpc) is 3.34. The number of esters is 1. The minimum atomic E-state index is -0.309. The fourth-order valence-corrected chi connectivity index (χ4v) is 3.28. The van der Waals surface area contributed by atoms with E-state index < -0.39 is 0 Å². The highest BCUT2D eigenvalue weighted by Gasteiger charge is 2.22. The summed E-state index contributed by atoms with van der Waals surface area (Å²) in [6.07, 6.45) is 2.75. The maximum absolute atomic E-state index is 11.4. The molecule has 0 spiro atoms. The Hall–Kier alpha value is -2.05. The summed E-state index contributed by atoms with van der Waals surface area (Å²) in [6.45, 7) is 11.2. The molecule has 1 aliphatic rings. The molecule has 0 radical (unpaired) electrons. The largest absolute Gasteiger partial charge is 0.466 e. The van der Waals surface area contributed by atoms with Crippen LogP contribution in [0.2, 0.25) is 0 Å². The molecule has 0 saturated heterocycles. The minimum absolute atomic E-state index is 0.237. The molecule has 15 heteroatoms. The number of hydrogen-bond donors (Lipinski definition) is 0. The minimum Gasteiger partial charge on any atom is -0.466 e. The maximum Gasteiger partial charge on any atom is 0.308 e. The van der Waals surface area contributed by atoms with Crippen molar-refractivity contribution < 1.29 is 66.5 Å². The predicted octanol–water partition coefficient (Wildman–Crippen LogP) is 0.0306. The van der Waals surface area contributed by atoms with Crippen LogP contribution < -0.4 is 0 Å². The number of nitrogens with zero attached hydrogens (tertiary/aromatic N) is 1. The third-order valence-corrected chi connectivity index (χ3v) is 5.46. The first-order valence-electron chi connectivity index (χ1n) is 15.1. The Bertz CT molecular complexity index is 721. The molecule has 44 heavy (non-hydrogen) atoms. The van der Waals surface area contributed by atoms with E-state index in [1.165, 1.54) is 12.2 Å². The molecule has 0 aromatic heterocycles. The van der Waals surface area contributed by atoms with Gasteiger partial charge in [0, 0.05) is 12.2 Å². The van der Waals surface area contributed by atoms with Gasteiger partial charge in [-0.1, -0.05) is 0 Å². The number of carbonyl (C=O) groups is 3. The van der Waals surface area contributed by atoms with Crippen molar-refractivity contribution in [2.75, 3.05) is 145 Å². The van der Waals surface area contributed by atoms with Crippen molar-refractivity contribution in [3.05, 3.63) is 12.2 Å². The topological polar surface area (TPSA) is 156 Å². The molecular weight excluding hydrogens is 586 g/mol. The maximum atomic E-state index is 11.4. The quantitative estimate of drug-likeness (QED) is 0.0529. The van der Waals surface area contributed by atoms with Gasteiger partial charge in [0.25, 0.3) is 11.8 Å². The van der Waals surface area contributed by atoms with Gasteiger partial charge in [-0.3, -0.25) is 19.3 Å². The van der Waals surface area contributed by atoms with Crippen molar-refractivity contribution >= 4 is 17.8 Å². The lowest BCUT2D eigenvalue weighted by molar-refractivity contribution is -0.144. The number of amides is 2. The molecule has 0 unspecified atom stereocenters. The van der Waals surface area contributed by atoms with Crippen LogP contribution in [0.15, 0.2) is 12.2 Å². The summed E-state index contributed by atoms with van der Waals surface area (Å²) in [5.41, 5.74) is 0. The number of hydrogen-bond acceptors (Lipinski definition) is 14. The van der Waals surface area contributed by atoms with Crippen LogP contribution in [-0.4, -0.2) is 168 Å². The number of ether oxygens (including phenoxy) is 11. The molecule has 1 aliphatic heterocycles. The van der Waals surface area contributed by atoms with Gasteiger partial charge in [0.1, 0.15) is 0 Å². The van der Waals surface area contributed by atoms with E-state index in [-0.39, 0.29) is 37.4 Å². The summed E-state index contributed by atoms with van der Waals surface area (Å²) in [6, 6.07) is 0. The van der Waals surface area contributed by atoms with Crippen LogP contribution >= 0.6 is 0 Å². The van der Waals surface area contributed by atoms with Gasteiger partial charge in [-0.25, -0.2) is 0 Å². The molecule has 0 aromatic rings. The first-order valence-corrected chi connectivity index (χ1v) is 15.1. The molecule has 0 fully saturated rings. The standard InChI is InChI=1S/C29H51NO14/c1-2-44-29(33)5-7-34-9-11-36-13-15-38-17-19-40-21-23-42-25-26-43-24-22-41-20-18-39-16-14-37-12-10-35-8-6-30-27(31)3-4-28(30)32/h3-4H,2,5-26H2,1H3. The highest BCUT2D eigenvalue weighted by Crippen LogP contribution is 2.02. The molecule has 1 rings (SSSR count). The normalized spacial score (nSPS) is 13.0. The zero-order chi connectivity index (χ0) is 31.8.